The van der Waals surface area contributed by atoms with Crippen LogP contribution in [0.15, 0.2) is 30.3 Å². The number of likely N-dealkylation sites (tertiary alicyclic amines) is 1. The molecule has 1 aromatic carbocycles. The number of nitrogens with zero attached hydrogens (tertiary/aromatic N) is 1. The molecule has 2 rings (SSSR count). The maximum atomic E-state index is 6.11. The third-order valence-corrected chi connectivity index (χ3v) is 4.36. The first-order chi connectivity index (χ1) is 8.65. The van der Waals surface area contributed by atoms with Gasteiger partial charge in [-0.2, -0.15) is 0 Å². The second kappa shape index (κ2) is 5.85. The molecule has 0 aromatic heterocycles. The smallest absolute Gasteiger partial charge is 0.0346 e. The number of nitrogens with two attached hydrogens (primary N) is 1. The molecule has 1 aliphatic heterocycles. The van der Waals surface area contributed by atoms with Crippen molar-refractivity contribution in [1.29, 1.82) is 0 Å². The van der Waals surface area contributed by atoms with E-state index in [-0.39, 0.29) is 5.54 Å². The van der Waals surface area contributed by atoms with Crippen LogP contribution in [0.3, 0.4) is 0 Å². The number of hydrogen-bond acceptors (Lipinski definition) is 2. The maximum absolute atomic E-state index is 6.11. The molecule has 0 aliphatic carbocycles. The van der Waals surface area contributed by atoms with Crippen LogP contribution in [0.2, 0.25) is 0 Å². The third kappa shape index (κ3) is 2.93. The first kappa shape index (κ1) is 13.6. The summed E-state index contributed by atoms with van der Waals surface area (Å²) < 4.78 is 0. The van der Waals surface area contributed by atoms with Gasteiger partial charge in [0.1, 0.15) is 0 Å². The topological polar surface area (TPSA) is 29.3 Å². The zero-order chi connectivity index (χ0) is 13.0. The lowest BCUT2D eigenvalue weighted by molar-refractivity contribution is 0.0418. The summed E-state index contributed by atoms with van der Waals surface area (Å²) in [7, 11) is 0. The molecule has 1 aliphatic rings. The fourth-order valence-corrected chi connectivity index (χ4v) is 3.23. The van der Waals surface area contributed by atoms with Gasteiger partial charge in [-0.25, -0.2) is 0 Å². The number of piperidine rings is 1. The monoisotopic (exact) mass is 246 g/mol. The van der Waals surface area contributed by atoms with Gasteiger partial charge in [-0.05, 0) is 45.2 Å². The Bertz CT molecular complexity index is 363. The molecule has 1 fully saturated rings. The van der Waals surface area contributed by atoms with E-state index < -0.39 is 0 Å². The minimum Gasteiger partial charge on any atom is -0.329 e. The first-order valence-corrected chi connectivity index (χ1v) is 7.16. The minimum atomic E-state index is 0.0984. The van der Waals surface area contributed by atoms with Crippen LogP contribution >= 0.6 is 0 Å². The summed E-state index contributed by atoms with van der Waals surface area (Å²) in [6.07, 6.45) is 5.04. The van der Waals surface area contributed by atoms with E-state index in [2.05, 4.69) is 49.1 Å². The number of rotatable bonds is 4. The zero-order valence-corrected chi connectivity index (χ0v) is 11.7. The van der Waals surface area contributed by atoms with Crippen molar-refractivity contribution in [3.8, 4) is 0 Å². The molecule has 0 spiro atoms. The van der Waals surface area contributed by atoms with Crippen LogP contribution in [0.5, 0.6) is 0 Å². The van der Waals surface area contributed by atoms with E-state index in [1.165, 1.54) is 31.4 Å². The molecule has 0 radical (unpaired) electrons. The van der Waals surface area contributed by atoms with Gasteiger partial charge >= 0.3 is 0 Å². The van der Waals surface area contributed by atoms with E-state index in [0.717, 1.165) is 13.0 Å². The Labute approximate surface area is 111 Å². The van der Waals surface area contributed by atoms with E-state index in [0.29, 0.717) is 6.04 Å². The number of hydrogen-bond donors (Lipinski definition) is 1. The predicted octanol–water partition coefficient (Wildman–Crippen LogP) is 2.82. The van der Waals surface area contributed by atoms with E-state index in [4.69, 9.17) is 5.73 Å². The van der Waals surface area contributed by atoms with Crippen molar-refractivity contribution in [2.24, 2.45) is 5.73 Å². The summed E-state index contributed by atoms with van der Waals surface area (Å²) >= 11 is 0. The Kier molecular flexibility index (Phi) is 4.41. The molecule has 0 saturated carbocycles. The molecular formula is C16H26N2. The third-order valence-electron chi connectivity index (χ3n) is 4.36. The lowest BCUT2D eigenvalue weighted by Crippen LogP contribution is -2.58. The molecule has 2 heteroatoms. The fourth-order valence-electron chi connectivity index (χ4n) is 3.23. The molecule has 2 unspecified atom stereocenters. The van der Waals surface area contributed by atoms with Crippen molar-refractivity contribution >= 4 is 0 Å². The Morgan fingerprint density at radius 1 is 1.28 bits per heavy atom. The van der Waals surface area contributed by atoms with Crippen LogP contribution < -0.4 is 5.73 Å². The Morgan fingerprint density at radius 3 is 2.61 bits per heavy atom. The Hall–Kier alpha value is -0.860. The maximum Gasteiger partial charge on any atom is 0.0346 e. The van der Waals surface area contributed by atoms with Crippen LogP contribution in [0.4, 0.5) is 0 Å². The fraction of sp³-hybridized carbons (Fsp3) is 0.625. The lowest BCUT2D eigenvalue weighted by atomic mass is 9.87. The van der Waals surface area contributed by atoms with Crippen molar-refractivity contribution in [2.45, 2.75) is 51.1 Å². The lowest BCUT2D eigenvalue weighted by Gasteiger charge is -2.47. The summed E-state index contributed by atoms with van der Waals surface area (Å²) in [5, 5.41) is 0. The molecule has 2 nitrogen and oxygen atoms in total. The molecule has 1 aromatic rings. The van der Waals surface area contributed by atoms with Gasteiger partial charge in [-0.15, -0.1) is 0 Å². The summed E-state index contributed by atoms with van der Waals surface area (Å²) in [5.74, 6) is 0. The van der Waals surface area contributed by atoms with Gasteiger partial charge in [0.2, 0.25) is 0 Å². The molecule has 0 bridgehead atoms. The van der Waals surface area contributed by atoms with E-state index >= 15 is 0 Å². The average Bonchev–Trinajstić information content (AvgIpc) is 2.40. The van der Waals surface area contributed by atoms with Gasteiger partial charge in [0.25, 0.3) is 0 Å². The molecule has 1 heterocycles. The summed E-state index contributed by atoms with van der Waals surface area (Å²) in [6, 6.07) is 11.4. The van der Waals surface area contributed by atoms with Gasteiger partial charge in [0.05, 0.1) is 0 Å². The van der Waals surface area contributed by atoms with Crippen molar-refractivity contribution in [3.05, 3.63) is 35.9 Å². The Morgan fingerprint density at radius 2 is 2.00 bits per heavy atom. The summed E-state index contributed by atoms with van der Waals surface area (Å²) in [4.78, 5) is 2.63. The van der Waals surface area contributed by atoms with E-state index in [9.17, 15) is 0 Å². The Balaban J connectivity index is 2.14. The highest BCUT2D eigenvalue weighted by molar-refractivity contribution is 5.18. The second-order valence-corrected chi connectivity index (χ2v) is 5.90. The number of benzene rings is 1. The van der Waals surface area contributed by atoms with Gasteiger partial charge in [-0.3, -0.25) is 4.90 Å². The standard InChI is InChI=1S/C16H26N2/c1-14-8-6-7-11-18(14)16(2,13-17)12-15-9-4-3-5-10-15/h3-5,9-10,14H,6-8,11-13,17H2,1-2H3. The van der Waals surface area contributed by atoms with Crippen LogP contribution in [-0.4, -0.2) is 29.6 Å². The normalized spacial score (nSPS) is 24.7. The van der Waals surface area contributed by atoms with Crippen molar-refractivity contribution in [1.82, 2.24) is 4.90 Å². The minimum absolute atomic E-state index is 0.0984. The SMILES string of the molecule is CC1CCCCN1C(C)(CN)Cc1ccccc1. The molecule has 1 saturated heterocycles. The summed E-state index contributed by atoms with van der Waals surface area (Å²) in [6.45, 7) is 6.59. The second-order valence-electron chi connectivity index (χ2n) is 5.90. The molecule has 18 heavy (non-hydrogen) atoms. The van der Waals surface area contributed by atoms with Crippen LogP contribution in [0.25, 0.3) is 0 Å². The highest BCUT2D eigenvalue weighted by Gasteiger charge is 2.34. The van der Waals surface area contributed by atoms with Crippen LogP contribution in [-0.2, 0) is 6.42 Å². The highest BCUT2D eigenvalue weighted by atomic mass is 15.2. The quantitative estimate of drug-likeness (QED) is 0.885. The van der Waals surface area contributed by atoms with Gasteiger partial charge in [0.15, 0.2) is 0 Å². The molecule has 2 atom stereocenters. The molecule has 2 N–H and O–H groups in total. The van der Waals surface area contributed by atoms with Crippen LogP contribution in [0, 0.1) is 0 Å². The largest absolute Gasteiger partial charge is 0.329 e. The molecule has 100 valence electrons. The van der Waals surface area contributed by atoms with E-state index in [1.807, 2.05) is 0 Å². The van der Waals surface area contributed by atoms with Gasteiger partial charge < -0.3 is 5.73 Å². The molecule has 0 amide bonds. The molecular weight excluding hydrogens is 220 g/mol. The average molecular weight is 246 g/mol. The van der Waals surface area contributed by atoms with Crippen molar-refractivity contribution in [2.75, 3.05) is 13.1 Å². The first-order valence-electron chi connectivity index (χ1n) is 7.16. The predicted molar refractivity (Wildman–Crippen MR) is 77.6 cm³/mol. The van der Waals surface area contributed by atoms with Crippen molar-refractivity contribution in [3.63, 3.8) is 0 Å². The van der Waals surface area contributed by atoms with Crippen molar-refractivity contribution < 1.29 is 0 Å². The zero-order valence-electron chi connectivity index (χ0n) is 11.7. The van der Waals surface area contributed by atoms with Gasteiger partial charge in [0, 0.05) is 18.1 Å². The highest BCUT2D eigenvalue weighted by Crippen LogP contribution is 2.28. The van der Waals surface area contributed by atoms with Gasteiger partial charge in [-0.1, -0.05) is 36.8 Å². The van der Waals surface area contributed by atoms with E-state index in [1.54, 1.807) is 0 Å². The summed E-state index contributed by atoms with van der Waals surface area (Å²) in [5.41, 5.74) is 7.60. The van der Waals surface area contributed by atoms with Crippen LogP contribution in [0.1, 0.15) is 38.7 Å².